The molecule has 0 aliphatic carbocycles. The fourth-order valence-electron chi connectivity index (χ4n) is 2.45. The molecule has 0 bridgehead atoms. The Labute approximate surface area is 149 Å². The van der Waals surface area contributed by atoms with E-state index in [0.29, 0.717) is 26.4 Å². The van der Waals surface area contributed by atoms with Crippen molar-refractivity contribution in [1.82, 2.24) is 4.90 Å². The molecule has 0 aromatic carbocycles. The zero-order valence-electron chi connectivity index (χ0n) is 15.8. The van der Waals surface area contributed by atoms with Gasteiger partial charge in [0, 0.05) is 0 Å². The Kier molecular flexibility index (Phi) is 6.92. The standard InChI is InChI=1S/C18H33NO2SeSi/c1-10-11-19-16(20)15(17(19)22-12-13(2)3)14(4)21-23(8,9)18(5,6)7/h10,14-15,17H,1-2,11-12H2,3-9H3/t14-,15+,17-/m1/s1. The van der Waals surface area contributed by atoms with E-state index in [9.17, 15) is 4.79 Å². The zero-order valence-corrected chi connectivity index (χ0v) is 18.5. The van der Waals surface area contributed by atoms with Crippen LogP contribution in [0.25, 0.3) is 0 Å². The van der Waals surface area contributed by atoms with Gasteiger partial charge in [0.2, 0.25) is 0 Å². The third-order valence-electron chi connectivity index (χ3n) is 4.80. The van der Waals surface area contributed by atoms with Crippen molar-refractivity contribution in [2.24, 2.45) is 5.92 Å². The van der Waals surface area contributed by atoms with Crippen molar-refractivity contribution in [2.75, 3.05) is 6.54 Å². The van der Waals surface area contributed by atoms with Crippen molar-refractivity contribution >= 4 is 29.2 Å². The van der Waals surface area contributed by atoms with E-state index in [0.717, 1.165) is 5.32 Å². The number of hydrogen-bond acceptors (Lipinski definition) is 2. The van der Waals surface area contributed by atoms with E-state index in [2.05, 4.69) is 60.9 Å². The van der Waals surface area contributed by atoms with Crippen molar-refractivity contribution in [2.45, 2.75) is 69.1 Å². The molecular formula is C18H33NO2SeSi. The molecule has 132 valence electrons. The van der Waals surface area contributed by atoms with E-state index in [1.54, 1.807) is 0 Å². The quantitative estimate of drug-likeness (QED) is 0.348. The molecule has 3 nitrogen and oxygen atoms in total. The molecule has 1 aliphatic rings. The first kappa shape index (κ1) is 20.7. The van der Waals surface area contributed by atoms with Crippen LogP contribution in [0.3, 0.4) is 0 Å². The monoisotopic (exact) mass is 403 g/mol. The Bertz CT molecular complexity index is 470. The average molecular weight is 403 g/mol. The average Bonchev–Trinajstić information content (AvgIpc) is 2.37. The molecular weight excluding hydrogens is 369 g/mol. The summed E-state index contributed by atoms with van der Waals surface area (Å²) in [6, 6.07) is 0. The zero-order chi connectivity index (χ0) is 18.0. The predicted octanol–water partition coefficient (Wildman–Crippen LogP) is 4.07. The van der Waals surface area contributed by atoms with Crippen LogP contribution in [0, 0.1) is 5.92 Å². The van der Waals surface area contributed by atoms with Gasteiger partial charge in [0.25, 0.3) is 0 Å². The van der Waals surface area contributed by atoms with Crippen LogP contribution >= 0.6 is 0 Å². The molecule has 3 atom stereocenters. The van der Waals surface area contributed by atoms with Gasteiger partial charge >= 0.3 is 150 Å². The first-order valence-electron chi connectivity index (χ1n) is 8.27. The Morgan fingerprint density at radius 2 is 2.04 bits per heavy atom. The van der Waals surface area contributed by atoms with E-state index >= 15 is 0 Å². The SMILES string of the molecule is C=CCN1C(=O)[C@H]([C@@H](C)O[Si](C)(C)C(C)(C)C)[C@H]1[Se]CC(=C)C. The van der Waals surface area contributed by atoms with E-state index < -0.39 is 8.32 Å². The van der Waals surface area contributed by atoms with E-state index in [-0.39, 0.29) is 23.0 Å². The summed E-state index contributed by atoms with van der Waals surface area (Å²) in [6.45, 7) is 23.8. The number of carbonyl (C=O) groups is 1. The van der Waals surface area contributed by atoms with Crippen molar-refractivity contribution in [3.63, 3.8) is 0 Å². The van der Waals surface area contributed by atoms with Crippen LogP contribution in [-0.4, -0.2) is 51.7 Å². The van der Waals surface area contributed by atoms with Crippen molar-refractivity contribution in [3.8, 4) is 0 Å². The van der Waals surface area contributed by atoms with Crippen LogP contribution < -0.4 is 0 Å². The van der Waals surface area contributed by atoms with Gasteiger partial charge < -0.3 is 0 Å². The van der Waals surface area contributed by atoms with Gasteiger partial charge in [-0.1, -0.05) is 0 Å². The maximum atomic E-state index is 12.6. The van der Waals surface area contributed by atoms with Gasteiger partial charge in [0.1, 0.15) is 0 Å². The molecule has 0 unspecified atom stereocenters. The fraction of sp³-hybridized carbons (Fsp3) is 0.722. The summed E-state index contributed by atoms with van der Waals surface area (Å²) in [7, 11) is -1.86. The van der Waals surface area contributed by atoms with Gasteiger partial charge in [0.05, 0.1) is 0 Å². The molecule has 1 heterocycles. The van der Waals surface area contributed by atoms with Gasteiger partial charge in [-0.25, -0.2) is 0 Å². The van der Waals surface area contributed by atoms with Crippen molar-refractivity contribution in [1.29, 1.82) is 0 Å². The third kappa shape index (κ3) is 4.82. The first-order chi connectivity index (χ1) is 10.4. The Hall–Kier alpha value is -0.354. The van der Waals surface area contributed by atoms with E-state index in [1.165, 1.54) is 5.57 Å². The molecule has 0 aromatic rings. The minimum atomic E-state index is -1.86. The number of β-lactam (4-membered cyclic amide) rings is 1. The van der Waals surface area contributed by atoms with Crippen LogP contribution in [-0.2, 0) is 9.22 Å². The molecule has 0 aromatic heterocycles. The van der Waals surface area contributed by atoms with Crippen molar-refractivity contribution in [3.05, 3.63) is 24.8 Å². The molecule has 1 amide bonds. The normalized spacial score (nSPS) is 23.4. The summed E-state index contributed by atoms with van der Waals surface area (Å²) in [6.07, 6.45) is 1.80. The Morgan fingerprint density at radius 3 is 2.48 bits per heavy atom. The molecule has 1 saturated heterocycles. The van der Waals surface area contributed by atoms with Gasteiger partial charge in [-0.15, -0.1) is 0 Å². The number of allylic oxidation sites excluding steroid dienone is 1. The number of nitrogens with zero attached hydrogens (tertiary/aromatic N) is 1. The van der Waals surface area contributed by atoms with Gasteiger partial charge in [-0.2, -0.15) is 0 Å². The molecule has 1 rings (SSSR count). The third-order valence-corrected chi connectivity index (χ3v) is 12.6. The van der Waals surface area contributed by atoms with Crippen LogP contribution in [0.2, 0.25) is 23.5 Å². The summed E-state index contributed by atoms with van der Waals surface area (Å²) in [4.78, 5) is 14.9. The molecule has 5 heteroatoms. The van der Waals surface area contributed by atoms with E-state index in [1.807, 2.05) is 11.0 Å². The maximum absolute atomic E-state index is 12.6. The number of hydrogen-bond donors (Lipinski definition) is 0. The van der Waals surface area contributed by atoms with Gasteiger partial charge in [0.15, 0.2) is 0 Å². The summed E-state index contributed by atoms with van der Waals surface area (Å²) >= 11 is 0.346. The topological polar surface area (TPSA) is 29.5 Å². The molecule has 0 radical (unpaired) electrons. The van der Waals surface area contributed by atoms with E-state index in [4.69, 9.17) is 4.43 Å². The van der Waals surface area contributed by atoms with Crippen LogP contribution in [0.15, 0.2) is 24.8 Å². The molecule has 1 aliphatic heterocycles. The van der Waals surface area contributed by atoms with Crippen LogP contribution in [0.5, 0.6) is 0 Å². The molecule has 1 fully saturated rings. The summed E-state index contributed by atoms with van der Waals surface area (Å²) < 4.78 is 6.49. The molecule has 0 saturated carbocycles. The van der Waals surface area contributed by atoms with Crippen LogP contribution in [0.4, 0.5) is 0 Å². The summed E-state index contributed by atoms with van der Waals surface area (Å²) in [5.41, 5.74) is 1.19. The minimum absolute atomic E-state index is 0.00317. The number of carbonyl (C=O) groups excluding carboxylic acids is 1. The second-order valence-electron chi connectivity index (χ2n) is 8.05. The summed E-state index contributed by atoms with van der Waals surface area (Å²) in [5, 5.41) is 1.18. The first-order valence-corrected chi connectivity index (χ1v) is 13.4. The Morgan fingerprint density at radius 1 is 1.48 bits per heavy atom. The Balaban J connectivity index is 2.84. The van der Waals surface area contributed by atoms with Crippen molar-refractivity contribution < 1.29 is 9.22 Å². The van der Waals surface area contributed by atoms with Crippen LogP contribution in [0.1, 0.15) is 34.6 Å². The molecule has 23 heavy (non-hydrogen) atoms. The second kappa shape index (κ2) is 7.69. The number of rotatable bonds is 8. The summed E-state index contributed by atoms with van der Waals surface area (Å²) in [5.74, 6) is 0.230. The van der Waals surface area contributed by atoms with Gasteiger partial charge in [-0.3, -0.25) is 0 Å². The molecule has 0 spiro atoms. The van der Waals surface area contributed by atoms with Gasteiger partial charge in [-0.05, 0) is 0 Å². The number of amides is 1. The predicted molar refractivity (Wildman–Crippen MR) is 102 cm³/mol. The fourth-order valence-corrected chi connectivity index (χ4v) is 6.76. The number of likely N-dealkylation sites (tertiary alicyclic amines) is 1. The second-order valence-corrected chi connectivity index (χ2v) is 15.1. The molecule has 0 N–H and O–H groups in total.